The molecule has 1 saturated heterocycles. The topological polar surface area (TPSA) is 78.0 Å². The Morgan fingerprint density at radius 2 is 2.04 bits per heavy atom. The molecule has 0 unspecified atom stereocenters. The van der Waals surface area contributed by atoms with Crippen molar-refractivity contribution >= 4 is 17.2 Å². The molecule has 1 N–H and O–H groups in total. The van der Waals surface area contributed by atoms with Gasteiger partial charge in [0, 0.05) is 43.5 Å². The van der Waals surface area contributed by atoms with Gasteiger partial charge in [-0.1, -0.05) is 20.8 Å². The first-order valence-electron chi connectivity index (χ1n) is 7.76. The van der Waals surface area contributed by atoms with E-state index in [0.717, 1.165) is 25.3 Å². The van der Waals surface area contributed by atoms with Crippen molar-refractivity contribution in [1.29, 1.82) is 0 Å². The number of carbonyl (C=O) groups is 1. The van der Waals surface area contributed by atoms with Crippen molar-refractivity contribution in [3.8, 4) is 0 Å². The van der Waals surface area contributed by atoms with E-state index in [2.05, 4.69) is 46.5 Å². The van der Waals surface area contributed by atoms with Crippen LogP contribution >= 0.6 is 11.3 Å². The van der Waals surface area contributed by atoms with E-state index in [9.17, 15) is 4.79 Å². The summed E-state index contributed by atoms with van der Waals surface area (Å²) in [5.41, 5.74) is 1.61. The lowest BCUT2D eigenvalue weighted by Gasteiger charge is -2.33. The first-order valence-corrected chi connectivity index (χ1v) is 8.64. The van der Waals surface area contributed by atoms with E-state index in [1.807, 2.05) is 4.90 Å². The van der Waals surface area contributed by atoms with Gasteiger partial charge < -0.3 is 4.90 Å². The maximum absolute atomic E-state index is 12.2. The molecule has 1 amide bonds. The number of aromatic amines is 1. The van der Waals surface area contributed by atoms with Crippen LogP contribution in [0, 0.1) is 0 Å². The van der Waals surface area contributed by atoms with Crippen molar-refractivity contribution in [3.63, 3.8) is 0 Å². The number of nitrogens with zero attached hydrogens (tertiary/aromatic N) is 5. The number of hydrogen-bond acceptors (Lipinski definition) is 6. The summed E-state index contributed by atoms with van der Waals surface area (Å²) in [6.07, 6.45) is 1.47. The molecule has 124 valence electrons. The summed E-state index contributed by atoms with van der Waals surface area (Å²) in [6.45, 7) is 10.5. The molecule has 0 atom stereocenters. The molecule has 2 aromatic heterocycles. The normalized spacial score (nSPS) is 16.7. The third-order valence-corrected chi connectivity index (χ3v) is 5.19. The zero-order valence-electron chi connectivity index (χ0n) is 13.7. The lowest BCUT2D eigenvalue weighted by Crippen LogP contribution is -2.48. The van der Waals surface area contributed by atoms with Gasteiger partial charge in [0.05, 0.1) is 16.9 Å². The molecule has 0 aliphatic carbocycles. The molecule has 2 aromatic rings. The predicted octanol–water partition coefficient (Wildman–Crippen LogP) is 1.52. The van der Waals surface area contributed by atoms with Crippen LogP contribution < -0.4 is 0 Å². The van der Waals surface area contributed by atoms with E-state index in [4.69, 9.17) is 4.98 Å². The fourth-order valence-corrected chi connectivity index (χ4v) is 3.43. The van der Waals surface area contributed by atoms with Gasteiger partial charge in [-0.3, -0.25) is 9.69 Å². The smallest absolute Gasteiger partial charge is 0.276 e. The molecule has 0 radical (unpaired) electrons. The molecule has 1 fully saturated rings. The Morgan fingerprint density at radius 1 is 1.30 bits per heavy atom. The Bertz CT molecular complexity index is 652. The molecule has 7 nitrogen and oxygen atoms in total. The summed E-state index contributed by atoms with van der Waals surface area (Å²) in [5, 5.41) is 13.3. The van der Waals surface area contributed by atoms with Crippen LogP contribution in [-0.4, -0.2) is 62.3 Å². The van der Waals surface area contributed by atoms with Crippen LogP contribution in [0.25, 0.3) is 0 Å². The first kappa shape index (κ1) is 16.1. The van der Waals surface area contributed by atoms with E-state index in [1.54, 1.807) is 11.3 Å². The standard InChI is InChI=1S/C15H22N6OS/c1-15(2,3)14-17-11(10-23-14)9-20-4-6-21(7-5-20)13(22)12-8-16-19-18-12/h8,10H,4-7,9H2,1-3H3,(H,16,18,19). The van der Waals surface area contributed by atoms with Crippen LogP contribution in [0.5, 0.6) is 0 Å². The molecular weight excluding hydrogens is 312 g/mol. The molecule has 1 aliphatic heterocycles. The average Bonchev–Trinajstić information content (AvgIpc) is 3.18. The third kappa shape index (κ3) is 3.76. The van der Waals surface area contributed by atoms with Crippen molar-refractivity contribution in [1.82, 2.24) is 30.2 Å². The van der Waals surface area contributed by atoms with Crippen molar-refractivity contribution in [3.05, 3.63) is 28.0 Å². The Kier molecular flexibility index (Phi) is 4.45. The second kappa shape index (κ2) is 6.37. The highest BCUT2D eigenvalue weighted by Crippen LogP contribution is 2.26. The summed E-state index contributed by atoms with van der Waals surface area (Å²) in [5.74, 6) is -0.0536. The van der Waals surface area contributed by atoms with Gasteiger partial charge in [-0.25, -0.2) is 4.98 Å². The van der Waals surface area contributed by atoms with Crippen LogP contribution in [0.15, 0.2) is 11.6 Å². The summed E-state index contributed by atoms with van der Waals surface area (Å²) in [7, 11) is 0. The quantitative estimate of drug-likeness (QED) is 0.921. The Labute approximate surface area is 139 Å². The van der Waals surface area contributed by atoms with E-state index >= 15 is 0 Å². The molecule has 0 bridgehead atoms. The Balaban J connectivity index is 1.53. The zero-order chi connectivity index (χ0) is 16.4. The van der Waals surface area contributed by atoms with Gasteiger partial charge in [-0.2, -0.15) is 15.4 Å². The number of hydrogen-bond donors (Lipinski definition) is 1. The average molecular weight is 334 g/mol. The van der Waals surface area contributed by atoms with Crippen LogP contribution in [0.1, 0.15) is 42.0 Å². The van der Waals surface area contributed by atoms with E-state index < -0.39 is 0 Å². The SMILES string of the molecule is CC(C)(C)c1nc(CN2CCN(C(=O)c3cn[nH]n3)CC2)cs1. The molecule has 0 spiro atoms. The van der Waals surface area contributed by atoms with E-state index in [1.165, 1.54) is 11.2 Å². The summed E-state index contributed by atoms with van der Waals surface area (Å²) >= 11 is 1.73. The lowest BCUT2D eigenvalue weighted by atomic mass is 9.98. The van der Waals surface area contributed by atoms with Gasteiger partial charge in [0.25, 0.3) is 5.91 Å². The molecule has 8 heteroatoms. The van der Waals surface area contributed by atoms with E-state index in [0.29, 0.717) is 18.8 Å². The summed E-state index contributed by atoms with van der Waals surface area (Å²) in [6, 6.07) is 0. The van der Waals surface area contributed by atoms with Crippen LogP contribution in [0.3, 0.4) is 0 Å². The zero-order valence-corrected chi connectivity index (χ0v) is 14.6. The Hall–Kier alpha value is -1.80. The minimum atomic E-state index is -0.0536. The maximum Gasteiger partial charge on any atom is 0.276 e. The number of thiazole rings is 1. The second-order valence-electron chi connectivity index (χ2n) is 6.82. The highest BCUT2D eigenvalue weighted by molar-refractivity contribution is 7.09. The van der Waals surface area contributed by atoms with Gasteiger partial charge in [-0.05, 0) is 0 Å². The van der Waals surface area contributed by atoms with Crippen molar-refractivity contribution in [2.24, 2.45) is 0 Å². The van der Waals surface area contributed by atoms with Gasteiger partial charge in [-0.15, -0.1) is 11.3 Å². The monoisotopic (exact) mass is 334 g/mol. The molecule has 3 heterocycles. The molecule has 0 saturated carbocycles. The number of aromatic nitrogens is 4. The van der Waals surface area contributed by atoms with Crippen molar-refractivity contribution in [2.75, 3.05) is 26.2 Å². The molecule has 0 aromatic carbocycles. The maximum atomic E-state index is 12.2. The molecule has 23 heavy (non-hydrogen) atoms. The fraction of sp³-hybridized carbons (Fsp3) is 0.600. The van der Waals surface area contributed by atoms with E-state index in [-0.39, 0.29) is 11.3 Å². The van der Waals surface area contributed by atoms with Gasteiger partial charge in [0.15, 0.2) is 5.69 Å². The number of amides is 1. The van der Waals surface area contributed by atoms with Crippen LogP contribution in [0.2, 0.25) is 0 Å². The minimum absolute atomic E-state index is 0.0536. The first-order chi connectivity index (χ1) is 10.9. The minimum Gasteiger partial charge on any atom is -0.335 e. The summed E-state index contributed by atoms with van der Waals surface area (Å²) in [4.78, 5) is 21.1. The van der Waals surface area contributed by atoms with Crippen molar-refractivity contribution in [2.45, 2.75) is 32.7 Å². The van der Waals surface area contributed by atoms with Crippen LogP contribution in [0.4, 0.5) is 0 Å². The lowest BCUT2D eigenvalue weighted by molar-refractivity contribution is 0.0621. The van der Waals surface area contributed by atoms with Crippen LogP contribution in [-0.2, 0) is 12.0 Å². The third-order valence-electron chi connectivity index (χ3n) is 3.87. The predicted molar refractivity (Wildman–Crippen MR) is 88.4 cm³/mol. The number of carbonyl (C=O) groups excluding carboxylic acids is 1. The Morgan fingerprint density at radius 3 is 2.61 bits per heavy atom. The largest absolute Gasteiger partial charge is 0.335 e. The van der Waals surface area contributed by atoms with Gasteiger partial charge in [0.2, 0.25) is 0 Å². The molecule has 3 rings (SSSR count). The molecular formula is C15H22N6OS. The number of H-pyrrole nitrogens is 1. The number of rotatable bonds is 3. The molecule has 1 aliphatic rings. The fourth-order valence-electron chi connectivity index (χ4n) is 2.53. The number of nitrogens with one attached hydrogen (secondary N) is 1. The van der Waals surface area contributed by atoms with Gasteiger partial charge >= 0.3 is 0 Å². The highest BCUT2D eigenvalue weighted by Gasteiger charge is 2.24. The second-order valence-corrected chi connectivity index (χ2v) is 7.68. The van der Waals surface area contributed by atoms with Crippen molar-refractivity contribution < 1.29 is 4.79 Å². The highest BCUT2D eigenvalue weighted by atomic mass is 32.1. The van der Waals surface area contributed by atoms with Gasteiger partial charge in [0.1, 0.15) is 0 Å². The number of piperazine rings is 1. The summed E-state index contributed by atoms with van der Waals surface area (Å²) < 4.78 is 0.